The van der Waals surface area contributed by atoms with E-state index in [1.165, 1.54) is 11.0 Å². The Kier molecular flexibility index (Phi) is 4.51. The van der Waals surface area contributed by atoms with Gasteiger partial charge in [-0.2, -0.15) is 0 Å². The van der Waals surface area contributed by atoms with E-state index in [0.717, 1.165) is 5.56 Å². The number of fused-ring (bicyclic) bond motifs is 1. The molecule has 0 spiro atoms. The lowest BCUT2D eigenvalue weighted by Gasteiger charge is -2.30. The summed E-state index contributed by atoms with van der Waals surface area (Å²) in [6, 6.07) is 10.0. The molecule has 1 unspecified atom stereocenters. The summed E-state index contributed by atoms with van der Waals surface area (Å²) in [7, 11) is -2.19. The van der Waals surface area contributed by atoms with Crippen LogP contribution in [0, 0.1) is 6.92 Å². The number of nitrogens with zero attached hydrogens (tertiary/aromatic N) is 1. The number of carbonyl (C=O) groups excluding carboxylic acids is 1. The van der Waals surface area contributed by atoms with Crippen molar-refractivity contribution in [3.63, 3.8) is 0 Å². The van der Waals surface area contributed by atoms with Crippen LogP contribution < -0.4 is 14.4 Å². The van der Waals surface area contributed by atoms with Crippen LogP contribution in [0.2, 0.25) is 0 Å². The van der Waals surface area contributed by atoms with Crippen molar-refractivity contribution in [2.24, 2.45) is 0 Å². The number of hydrogen-bond acceptors (Lipinski definition) is 4. The Morgan fingerprint density at radius 3 is 2.48 bits per heavy atom. The molecule has 1 atom stereocenters. The minimum atomic E-state index is -3.82. The third-order valence-electron chi connectivity index (χ3n) is 3.95. The van der Waals surface area contributed by atoms with Crippen LogP contribution in [0.3, 0.4) is 0 Å². The van der Waals surface area contributed by atoms with Crippen molar-refractivity contribution in [2.45, 2.75) is 24.8 Å². The number of halogens is 1. The van der Waals surface area contributed by atoms with Crippen molar-refractivity contribution in [3.8, 4) is 5.75 Å². The summed E-state index contributed by atoms with van der Waals surface area (Å²) < 4.78 is 34.0. The maximum atomic E-state index is 12.7. The van der Waals surface area contributed by atoms with Gasteiger partial charge >= 0.3 is 0 Å². The van der Waals surface area contributed by atoms with Gasteiger partial charge in [-0.05, 0) is 48.0 Å². The van der Waals surface area contributed by atoms with Crippen LogP contribution in [0.1, 0.15) is 12.5 Å². The summed E-state index contributed by atoms with van der Waals surface area (Å²) in [6.45, 7) is 3.55. The van der Waals surface area contributed by atoms with Gasteiger partial charge in [0.2, 0.25) is 0 Å². The van der Waals surface area contributed by atoms with E-state index < -0.39 is 16.1 Å². The lowest BCUT2D eigenvalue weighted by atomic mass is 10.2. The highest BCUT2D eigenvalue weighted by Gasteiger charge is 2.31. The van der Waals surface area contributed by atoms with Gasteiger partial charge in [-0.1, -0.05) is 17.7 Å². The van der Waals surface area contributed by atoms with E-state index in [1.807, 2.05) is 19.1 Å². The van der Waals surface area contributed by atoms with Gasteiger partial charge in [-0.15, -0.1) is 0 Å². The first-order chi connectivity index (χ1) is 11.7. The minimum absolute atomic E-state index is 0.0433. The second-order valence-electron chi connectivity index (χ2n) is 5.88. The van der Waals surface area contributed by atoms with Crippen LogP contribution in [-0.2, 0) is 14.8 Å². The molecule has 0 bridgehead atoms. The first kappa shape index (κ1) is 17.8. The number of nitrogens with one attached hydrogen (secondary N) is 1. The fourth-order valence-corrected chi connectivity index (χ4v) is 4.66. The maximum Gasteiger partial charge on any atom is 0.267 e. The molecule has 0 aliphatic carbocycles. The number of ether oxygens (including phenoxy) is 1. The fraction of sp³-hybridized carbons (Fsp3) is 0.235. The Bertz CT molecular complexity index is 942. The van der Waals surface area contributed by atoms with Gasteiger partial charge in [-0.3, -0.25) is 9.52 Å². The predicted octanol–water partition coefficient (Wildman–Crippen LogP) is 3.30. The summed E-state index contributed by atoms with van der Waals surface area (Å²) in [5.41, 5.74) is 2.02. The topological polar surface area (TPSA) is 75.7 Å². The van der Waals surface area contributed by atoms with Gasteiger partial charge in [0.05, 0.1) is 5.69 Å². The summed E-state index contributed by atoms with van der Waals surface area (Å²) in [4.78, 5) is 13.5. The summed E-state index contributed by atoms with van der Waals surface area (Å²) >= 11 is 3.29. The Balaban J connectivity index is 2.01. The molecule has 0 radical (unpaired) electrons. The zero-order valence-corrected chi connectivity index (χ0v) is 16.3. The minimum Gasteiger partial charge on any atom is -0.479 e. The molecule has 1 heterocycles. The van der Waals surface area contributed by atoms with E-state index in [-0.39, 0.29) is 10.8 Å². The van der Waals surface area contributed by atoms with Gasteiger partial charge < -0.3 is 9.64 Å². The second kappa shape index (κ2) is 6.34. The van der Waals surface area contributed by atoms with E-state index in [1.54, 1.807) is 32.2 Å². The molecule has 0 aromatic heterocycles. The molecule has 0 saturated carbocycles. The average Bonchev–Trinajstić information content (AvgIpc) is 2.55. The van der Waals surface area contributed by atoms with Crippen LogP contribution >= 0.6 is 15.9 Å². The summed E-state index contributed by atoms with van der Waals surface area (Å²) in [6.07, 6.45) is -0.667. The highest BCUT2D eigenvalue weighted by atomic mass is 79.9. The zero-order chi connectivity index (χ0) is 18.4. The van der Waals surface area contributed by atoms with Crippen molar-refractivity contribution in [3.05, 3.63) is 46.4 Å². The number of amides is 1. The van der Waals surface area contributed by atoms with Gasteiger partial charge in [0.1, 0.15) is 10.6 Å². The van der Waals surface area contributed by atoms with Crippen LogP contribution in [0.25, 0.3) is 0 Å². The van der Waals surface area contributed by atoms with Gasteiger partial charge in [0, 0.05) is 23.3 Å². The molecule has 1 N–H and O–H groups in total. The molecular weight excluding hydrogens is 408 g/mol. The number of rotatable bonds is 3. The molecule has 1 aliphatic rings. The summed E-state index contributed by atoms with van der Waals surface area (Å²) in [5.74, 6) is 0.162. The second-order valence-corrected chi connectivity index (χ2v) is 8.38. The molecule has 0 saturated heterocycles. The Morgan fingerprint density at radius 2 is 1.84 bits per heavy atom. The Hall–Kier alpha value is -2.06. The SMILES string of the molecule is Cc1ccc(NS(=O)(=O)c2cc3c(cc2Br)N(C)C(=O)C(C)O3)cc1. The largest absolute Gasteiger partial charge is 0.479 e. The molecule has 2 aromatic rings. The molecule has 25 heavy (non-hydrogen) atoms. The lowest BCUT2D eigenvalue weighted by Crippen LogP contribution is -2.42. The van der Waals surface area contributed by atoms with E-state index in [9.17, 15) is 13.2 Å². The van der Waals surface area contributed by atoms with Crippen molar-refractivity contribution in [1.82, 2.24) is 0 Å². The molecule has 132 valence electrons. The number of anilines is 2. The number of carbonyl (C=O) groups is 1. The molecular formula is C17H17BrN2O4S. The summed E-state index contributed by atoms with van der Waals surface area (Å²) in [5, 5.41) is 0. The molecule has 1 amide bonds. The number of hydrogen-bond donors (Lipinski definition) is 1. The first-order valence-corrected chi connectivity index (χ1v) is 9.84. The number of likely N-dealkylation sites (N-methyl/N-ethyl adjacent to an activating group) is 1. The van der Waals surface area contributed by atoms with Crippen LogP contribution in [-0.4, -0.2) is 27.5 Å². The van der Waals surface area contributed by atoms with Crippen molar-refractivity contribution in [2.75, 3.05) is 16.7 Å². The van der Waals surface area contributed by atoms with Gasteiger partial charge in [0.25, 0.3) is 15.9 Å². The van der Waals surface area contributed by atoms with Crippen LogP contribution in [0.4, 0.5) is 11.4 Å². The average molecular weight is 425 g/mol. The zero-order valence-electron chi connectivity index (χ0n) is 13.9. The molecule has 0 fully saturated rings. The highest BCUT2D eigenvalue weighted by Crippen LogP contribution is 2.39. The van der Waals surface area contributed by atoms with E-state index in [4.69, 9.17) is 4.74 Å². The third-order valence-corrected chi connectivity index (χ3v) is 6.29. The Labute approximate surface area is 155 Å². The predicted molar refractivity (Wildman–Crippen MR) is 99.6 cm³/mol. The molecule has 2 aromatic carbocycles. The monoisotopic (exact) mass is 424 g/mol. The number of sulfonamides is 1. The van der Waals surface area contributed by atoms with Crippen molar-refractivity contribution >= 4 is 43.2 Å². The van der Waals surface area contributed by atoms with Crippen molar-refractivity contribution < 1.29 is 17.9 Å². The number of benzene rings is 2. The first-order valence-electron chi connectivity index (χ1n) is 7.56. The van der Waals surface area contributed by atoms with Gasteiger partial charge in [0.15, 0.2) is 6.10 Å². The molecule has 3 rings (SSSR count). The third kappa shape index (κ3) is 3.36. The van der Waals surface area contributed by atoms with E-state index in [0.29, 0.717) is 21.6 Å². The normalized spacial score (nSPS) is 17.0. The highest BCUT2D eigenvalue weighted by molar-refractivity contribution is 9.10. The fourth-order valence-electron chi connectivity index (χ4n) is 2.55. The van der Waals surface area contributed by atoms with Crippen molar-refractivity contribution in [1.29, 1.82) is 0 Å². The standard InChI is InChI=1S/C17H17BrN2O4S/c1-10-4-6-12(7-5-10)19-25(22,23)16-9-15-14(8-13(16)18)20(3)17(21)11(2)24-15/h4-9,11,19H,1-3H3. The molecule has 8 heteroatoms. The van der Waals surface area contributed by atoms with Crippen LogP contribution in [0.15, 0.2) is 45.8 Å². The lowest BCUT2D eigenvalue weighted by molar-refractivity contribution is -0.125. The molecule has 6 nitrogen and oxygen atoms in total. The molecule has 1 aliphatic heterocycles. The smallest absolute Gasteiger partial charge is 0.267 e. The van der Waals surface area contributed by atoms with Crippen LogP contribution in [0.5, 0.6) is 5.75 Å². The quantitative estimate of drug-likeness (QED) is 0.819. The van der Waals surface area contributed by atoms with E-state index in [2.05, 4.69) is 20.7 Å². The van der Waals surface area contributed by atoms with Gasteiger partial charge in [-0.25, -0.2) is 8.42 Å². The Morgan fingerprint density at radius 1 is 1.20 bits per heavy atom. The maximum absolute atomic E-state index is 12.7. The van der Waals surface area contributed by atoms with E-state index >= 15 is 0 Å². The number of aryl methyl sites for hydroxylation is 1.